The molecule has 0 spiro atoms. The summed E-state index contributed by atoms with van der Waals surface area (Å²) in [5.41, 5.74) is 1.08. The van der Waals surface area contributed by atoms with Crippen molar-refractivity contribution < 1.29 is 10.0 Å². The van der Waals surface area contributed by atoms with Gasteiger partial charge in [0.15, 0.2) is 0 Å². The number of aryl methyl sites for hydroxylation is 1. The Morgan fingerprint density at radius 1 is 1.60 bits per heavy atom. The number of hydrogen-bond acceptors (Lipinski definition) is 5. The lowest BCUT2D eigenvalue weighted by Crippen LogP contribution is -2.07. The fraction of sp³-hybridized carbons (Fsp3) is 0.375. The van der Waals surface area contributed by atoms with Gasteiger partial charge in [0.05, 0.1) is 4.92 Å². The molecule has 1 aromatic heterocycles. The van der Waals surface area contributed by atoms with Crippen molar-refractivity contribution >= 4 is 23.0 Å². The fourth-order valence-electron chi connectivity index (χ4n) is 1.21. The van der Waals surface area contributed by atoms with Crippen LogP contribution >= 0.6 is 11.6 Å². The summed E-state index contributed by atoms with van der Waals surface area (Å²) in [5, 5.41) is 21.8. The van der Waals surface area contributed by atoms with Gasteiger partial charge in [-0.2, -0.15) is 0 Å². The number of hydrogen-bond donors (Lipinski definition) is 2. The minimum Gasteiger partial charge on any atom is -0.377 e. The van der Waals surface area contributed by atoms with E-state index in [-0.39, 0.29) is 16.5 Å². The number of pyridine rings is 1. The molecule has 0 amide bonds. The monoisotopic (exact) mass is 231 g/mol. The van der Waals surface area contributed by atoms with Crippen molar-refractivity contribution in [3.05, 3.63) is 26.5 Å². The van der Waals surface area contributed by atoms with Crippen molar-refractivity contribution in [2.45, 2.75) is 13.8 Å². The van der Waals surface area contributed by atoms with E-state index in [2.05, 4.69) is 10.3 Å². The van der Waals surface area contributed by atoms with Gasteiger partial charge in [-0.1, -0.05) is 11.6 Å². The second-order valence-corrected chi connectivity index (χ2v) is 3.29. The Bertz CT molecular complexity index is 409. The first-order valence-corrected chi connectivity index (χ1v) is 4.52. The highest BCUT2D eigenvalue weighted by molar-refractivity contribution is 6.32. The lowest BCUT2D eigenvalue weighted by atomic mass is 10.1. The van der Waals surface area contributed by atoms with Gasteiger partial charge in [0.1, 0.15) is 12.4 Å². The molecular formula is C8H10ClN3O3. The molecule has 6 nitrogen and oxygen atoms in total. The van der Waals surface area contributed by atoms with Gasteiger partial charge in [-0.3, -0.25) is 10.1 Å². The molecule has 1 aromatic rings. The Morgan fingerprint density at radius 2 is 2.20 bits per heavy atom. The van der Waals surface area contributed by atoms with E-state index in [4.69, 9.17) is 16.7 Å². The number of aliphatic hydroxyl groups excluding tert-OH is 1. The van der Waals surface area contributed by atoms with Crippen LogP contribution in [-0.2, 0) is 0 Å². The summed E-state index contributed by atoms with van der Waals surface area (Å²) in [7, 11) is 0. The Balaban J connectivity index is 3.46. The smallest absolute Gasteiger partial charge is 0.329 e. The van der Waals surface area contributed by atoms with Crippen LogP contribution in [0.2, 0.25) is 5.15 Å². The number of aromatic nitrogens is 1. The average molecular weight is 232 g/mol. The molecule has 1 heterocycles. The average Bonchev–Trinajstić information content (AvgIpc) is 2.13. The van der Waals surface area contributed by atoms with E-state index in [0.717, 1.165) is 0 Å². The minimum atomic E-state index is -0.625. The lowest BCUT2D eigenvalue weighted by molar-refractivity contribution is -0.384. The maximum atomic E-state index is 10.7. The molecule has 0 aromatic carbocycles. The fourth-order valence-corrected chi connectivity index (χ4v) is 1.50. The molecule has 0 saturated carbocycles. The summed E-state index contributed by atoms with van der Waals surface area (Å²) < 4.78 is 0. The second-order valence-electron chi connectivity index (χ2n) is 2.93. The summed E-state index contributed by atoms with van der Waals surface area (Å²) in [6, 6.07) is 0. The number of halogens is 1. The number of nitrogens with one attached hydrogen (secondary N) is 1. The van der Waals surface area contributed by atoms with Crippen LogP contribution in [0, 0.1) is 24.0 Å². The third kappa shape index (κ3) is 2.16. The van der Waals surface area contributed by atoms with E-state index < -0.39 is 11.7 Å². The summed E-state index contributed by atoms with van der Waals surface area (Å²) in [5.74, 6) is 0. The van der Waals surface area contributed by atoms with Crippen molar-refractivity contribution in [1.82, 2.24) is 4.98 Å². The standard InChI is InChI=1S/C8H10ClN3O3/c1-4-5(2)11-8(9)7(12(14)15)6(4)10-3-13/h13H,3H2,1-2H3,(H,10,11). The van der Waals surface area contributed by atoms with Crippen LogP contribution in [0.1, 0.15) is 11.3 Å². The summed E-state index contributed by atoms with van der Waals surface area (Å²) in [4.78, 5) is 14.0. The van der Waals surface area contributed by atoms with E-state index >= 15 is 0 Å². The molecule has 0 aliphatic rings. The Kier molecular flexibility index (Phi) is 3.43. The molecule has 0 bridgehead atoms. The van der Waals surface area contributed by atoms with Gasteiger partial charge >= 0.3 is 5.69 Å². The van der Waals surface area contributed by atoms with Crippen LogP contribution in [0.3, 0.4) is 0 Å². The van der Waals surface area contributed by atoms with Gasteiger partial charge in [0.2, 0.25) is 5.15 Å². The van der Waals surface area contributed by atoms with Crippen molar-refractivity contribution in [3.8, 4) is 0 Å². The van der Waals surface area contributed by atoms with E-state index in [9.17, 15) is 10.1 Å². The Morgan fingerprint density at radius 3 is 2.67 bits per heavy atom. The second kappa shape index (κ2) is 4.41. The van der Waals surface area contributed by atoms with Gasteiger partial charge in [0.25, 0.3) is 0 Å². The molecule has 2 N–H and O–H groups in total. The zero-order valence-corrected chi connectivity index (χ0v) is 9.00. The van der Waals surface area contributed by atoms with Gasteiger partial charge in [-0.05, 0) is 13.8 Å². The van der Waals surface area contributed by atoms with Crippen molar-refractivity contribution in [2.24, 2.45) is 0 Å². The number of rotatable bonds is 3. The number of anilines is 1. The molecule has 0 aliphatic carbocycles. The van der Waals surface area contributed by atoms with E-state index in [1.165, 1.54) is 0 Å². The minimum absolute atomic E-state index is 0.181. The molecule has 0 saturated heterocycles. The molecule has 15 heavy (non-hydrogen) atoms. The highest BCUT2D eigenvalue weighted by Crippen LogP contribution is 2.34. The van der Waals surface area contributed by atoms with Crippen molar-refractivity contribution in [1.29, 1.82) is 0 Å². The van der Waals surface area contributed by atoms with Gasteiger partial charge in [-0.15, -0.1) is 0 Å². The molecule has 82 valence electrons. The first kappa shape index (κ1) is 11.7. The van der Waals surface area contributed by atoms with Crippen molar-refractivity contribution in [3.63, 3.8) is 0 Å². The third-order valence-electron chi connectivity index (χ3n) is 2.05. The topological polar surface area (TPSA) is 88.3 Å². The molecule has 0 fully saturated rings. The normalized spacial score (nSPS) is 10.1. The quantitative estimate of drug-likeness (QED) is 0.357. The molecular weight excluding hydrogens is 222 g/mol. The van der Waals surface area contributed by atoms with E-state index in [1.54, 1.807) is 13.8 Å². The zero-order valence-electron chi connectivity index (χ0n) is 8.24. The van der Waals surface area contributed by atoms with Crippen LogP contribution in [0.15, 0.2) is 0 Å². The van der Waals surface area contributed by atoms with Crippen LogP contribution in [-0.4, -0.2) is 21.7 Å². The van der Waals surface area contributed by atoms with E-state index in [1.807, 2.05) is 0 Å². The zero-order chi connectivity index (χ0) is 11.6. The predicted octanol–water partition coefficient (Wildman–Crippen LogP) is 1.62. The van der Waals surface area contributed by atoms with Crippen LogP contribution < -0.4 is 5.32 Å². The molecule has 0 atom stereocenters. The summed E-state index contributed by atoms with van der Waals surface area (Å²) in [6.07, 6.45) is 0. The maximum Gasteiger partial charge on any atom is 0.329 e. The lowest BCUT2D eigenvalue weighted by Gasteiger charge is -2.10. The van der Waals surface area contributed by atoms with Gasteiger partial charge in [-0.25, -0.2) is 4.98 Å². The van der Waals surface area contributed by atoms with E-state index in [0.29, 0.717) is 11.3 Å². The first-order valence-electron chi connectivity index (χ1n) is 4.14. The molecule has 7 heteroatoms. The first-order chi connectivity index (χ1) is 6.99. The number of nitrogens with zero attached hydrogens (tertiary/aromatic N) is 2. The molecule has 1 rings (SSSR count). The highest BCUT2D eigenvalue weighted by atomic mass is 35.5. The van der Waals surface area contributed by atoms with Gasteiger partial charge in [0, 0.05) is 11.3 Å². The summed E-state index contributed by atoms with van der Waals surface area (Å²) in [6.45, 7) is 2.96. The molecule has 0 aliphatic heterocycles. The SMILES string of the molecule is Cc1nc(Cl)c([N+](=O)[O-])c(NCO)c1C. The number of aliphatic hydroxyl groups is 1. The Hall–Kier alpha value is -1.40. The van der Waals surface area contributed by atoms with Crippen LogP contribution in [0.25, 0.3) is 0 Å². The van der Waals surface area contributed by atoms with Crippen LogP contribution in [0.4, 0.5) is 11.4 Å². The predicted molar refractivity (Wildman–Crippen MR) is 56.1 cm³/mol. The molecule has 0 radical (unpaired) electrons. The number of nitro groups is 1. The Labute approximate surface area is 91.0 Å². The third-order valence-corrected chi connectivity index (χ3v) is 2.32. The summed E-state index contributed by atoms with van der Waals surface area (Å²) >= 11 is 5.66. The van der Waals surface area contributed by atoms with Crippen LogP contribution in [0.5, 0.6) is 0 Å². The molecule has 0 unspecified atom stereocenters. The highest BCUT2D eigenvalue weighted by Gasteiger charge is 2.23. The maximum absolute atomic E-state index is 10.7. The van der Waals surface area contributed by atoms with Crippen molar-refractivity contribution in [2.75, 3.05) is 12.0 Å². The largest absolute Gasteiger partial charge is 0.377 e. The van der Waals surface area contributed by atoms with Gasteiger partial charge < -0.3 is 10.4 Å².